The molecule has 16 heavy (non-hydrogen) atoms. The minimum atomic E-state index is 0.600. The fourth-order valence-corrected chi connectivity index (χ4v) is 3.42. The quantitative estimate of drug-likeness (QED) is 0.796. The van der Waals surface area contributed by atoms with Gasteiger partial charge in [0.25, 0.3) is 0 Å². The van der Waals surface area contributed by atoms with Crippen LogP contribution in [0.15, 0.2) is 4.99 Å². The van der Waals surface area contributed by atoms with Crippen LogP contribution in [0.25, 0.3) is 0 Å². The Bertz CT molecular complexity index is 259. The molecule has 0 spiro atoms. The van der Waals surface area contributed by atoms with Crippen molar-refractivity contribution in [3.63, 3.8) is 0 Å². The summed E-state index contributed by atoms with van der Waals surface area (Å²) in [7, 11) is 0. The van der Waals surface area contributed by atoms with Crippen molar-refractivity contribution >= 4 is 16.9 Å². The van der Waals surface area contributed by atoms with E-state index in [2.05, 4.69) is 19.2 Å². The monoisotopic (exact) mass is 240 g/mol. The molecule has 1 saturated carbocycles. The van der Waals surface area contributed by atoms with Crippen LogP contribution >= 0.6 is 11.8 Å². The van der Waals surface area contributed by atoms with Crippen LogP contribution in [0.3, 0.4) is 0 Å². The normalized spacial score (nSPS) is 30.1. The van der Waals surface area contributed by atoms with E-state index in [1.807, 2.05) is 11.8 Å². The molecule has 0 amide bonds. The molecule has 2 rings (SSSR count). The first-order valence-electron chi connectivity index (χ1n) is 6.72. The first-order valence-corrected chi connectivity index (χ1v) is 7.70. The molecule has 2 fully saturated rings. The maximum Gasteiger partial charge on any atom is 0.156 e. The Hall–Kier alpha value is -0.180. The van der Waals surface area contributed by atoms with Gasteiger partial charge in [0.1, 0.15) is 0 Å². The molecular formula is C13H24N2S. The van der Waals surface area contributed by atoms with E-state index in [1.54, 1.807) is 0 Å². The van der Waals surface area contributed by atoms with Crippen molar-refractivity contribution in [3.8, 4) is 0 Å². The third kappa shape index (κ3) is 3.16. The smallest absolute Gasteiger partial charge is 0.156 e. The van der Waals surface area contributed by atoms with Crippen molar-refractivity contribution in [3.05, 3.63) is 0 Å². The lowest BCUT2D eigenvalue weighted by atomic mass is 10.0. The second-order valence-electron chi connectivity index (χ2n) is 5.26. The van der Waals surface area contributed by atoms with Gasteiger partial charge in [-0.15, -0.1) is 0 Å². The van der Waals surface area contributed by atoms with Crippen LogP contribution in [0.2, 0.25) is 0 Å². The number of thioether (sulfide) groups is 1. The Balaban J connectivity index is 1.82. The van der Waals surface area contributed by atoms with Crippen molar-refractivity contribution in [1.82, 2.24) is 5.32 Å². The number of hydrogen-bond donors (Lipinski definition) is 1. The largest absolute Gasteiger partial charge is 0.362 e. The average Bonchev–Trinajstić information content (AvgIpc) is 3.08. The van der Waals surface area contributed by atoms with Crippen molar-refractivity contribution in [2.45, 2.75) is 58.4 Å². The zero-order valence-corrected chi connectivity index (χ0v) is 11.4. The van der Waals surface area contributed by atoms with E-state index in [1.165, 1.54) is 49.4 Å². The van der Waals surface area contributed by atoms with Gasteiger partial charge in [0, 0.05) is 18.3 Å². The minimum absolute atomic E-state index is 0.600. The number of nitrogens with zero attached hydrogens (tertiary/aromatic N) is 1. The topological polar surface area (TPSA) is 24.4 Å². The number of aliphatic imine (C=N–C) groups is 1. The van der Waals surface area contributed by atoms with Crippen molar-refractivity contribution in [2.24, 2.45) is 10.4 Å². The first kappa shape index (κ1) is 12.3. The molecule has 0 aromatic heterocycles. The molecular weight excluding hydrogens is 216 g/mol. The molecule has 1 N–H and O–H groups in total. The molecule has 92 valence electrons. The molecule has 1 atom stereocenters. The predicted octanol–water partition coefficient (Wildman–Crippen LogP) is 3.43. The first-order chi connectivity index (χ1) is 7.78. The van der Waals surface area contributed by atoms with Gasteiger partial charge in [0.15, 0.2) is 5.17 Å². The summed E-state index contributed by atoms with van der Waals surface area (Å²) < 4.78 is 0. The number of amidine groups is 1. The van der Waals surface area contributed by atoms with Gasteiger partial charge in [-0.2, -0.15) is 0 Å². The van der Waals surface area contributed by atoms with E-state index in [9.17, 15) is 0 Å². The third-order valence-electron chi connectivity index (χ3n) is 3.82. The Kier molecular flexibility index (Phi) is 4.17. The molecule has 0 aromatic rings. The molecule has 1 aliphatic heterocycles. The zero-order valence-electron chi connectivity index (χ0n) is 10.6. The summed E-state index contributed by atoms with van der Waals surface area (Å²) in [4.78, 5) is 4.80. The lowest BCUT2D eigenvalue weighted by molar-refractivity contribution is 0.471. The van der Waals surface area contributed by atoms with Gasteiger partial charge in [0.05, 0.1) is 0 Å². The number of rotatable bonds is 5. The zero-order chi connectivity index (χ0) is 11.4. The van der Waals surface area contributed by atoms with Gasteiger partial charge in [-0.25, -0.2) is 0 Å². The van der Waals surface area contributed by atoms with Crippen molar-refractivity contribution in [2.75, 3.05) is 12.3 Å². The highest BCUT2D eigenvalue weighted by atomic mass is 32.2. The molecule has 3 heteroatoms. The summed E-state index contributed by atoms with van der Waals surface area (Å²) in [5.74, 6) is 1.24. The maximum atomic E-state index is 4.80. The summed E-state index contributed by atoms with van der Waals surface area (Å²) in [5.41, 5.74) is 0.600. The Morgan fingerprint density at radius 1 is 1.44 bits per heavy atom. The lowest BCUT2D eigenvalue weighted by Gasteiger charge is -2.24. The Morgan fingerprint density at radius 2 is 2.25 bits per heavy atom. The predicted molar refractivity (Wildman–Crippen MR) is 73.2 cm³/mol. The standard InChI is InChI=1S/C13H24N2S/c1-3-6-13(7-8-13)10-14-12-15-11(4-2)5-9-16-12/h11H,3-10H2,1-2H3,(H,14,15). The molecule has 1 aliphatic carbocycles. The fraction of sp³-hybridized carbons (Fsp3) is 0.923. The van der Waals surface area contributed by atoms with E-state index in [-0.39, 0.29) is 0 Å². The summed E-state index contributed by atoms with van der Waals surface area (Å²) in [5, 5.41) is 4.77. The van der Waals surface area contributed by atoms with Crippen LogP contribution in [0.1, 0.15) is 52.4 Å². The van der Waals surface area contributed by atoms with Crippen molar-refractivity contribution in [1.29, 1.82) is 0 Å². The van der Waals surface area contributed by atoms with E-state index < -0.39 is 0 Å². The lowest BCUT2D eigenvalue weighted by Crippen LogP contribution is -2.37. The van der Waals surface area contributed by atoms with Gasteiger partial charge < -0.3 is 5.32 Å². The highest BCUT2D eigenvalue weighted by Gasteiger charge is 2.41. The summed E-state index contributed by atoms with van der Waals surface area (Å²) in [6.07, 6.45) is 7.99. The third-order valence-corrected chi connectivity index (χ3v) is 4.78. The van der Waals surface area contributed by atoms with E-state index in [0.29, 0.717) is 11.5 Å². The molecule has 2 aliphatic rings. The SMILES string of the molecule is CCCC1(CN=C2NC(CC)CCS2)CC1. The van der Waals surface area contributed by atoms with Crippen LogP contribution in [0.4, 0.5) is 0 Å². The van der Waals surface area contributed by atoms with Crippen LogP contribution in [0, 0.1) is 5.41 Å². The Labute approximate surface area is 104 Å². The van der Waals surface area contributed by atoms with Gasteiger partial charge in [-0.3, -0.25) is 4.99 Å². The minimum Gasteiger partial charge on any atom is -0.362 e. The van der Waals surface area contributed by atoms with Crippen LogP contribution < -0.4 is 5.32 Å². The number of hydrogen-bond acceptors (Lipinski definition) is 2. The molecule has 0 bridgehead atoms. The molecule has 2 nitrogen and oxygen atoms in total. The van der Waals surface area contributed by atoms with Crippen molar-refractivity contribution < 1.29 is 0 Å². The number of nitrogens with one attached hydrogen (secondary N) is 1. The molecule has 0 radical (unpaired) electrons. The van der Waals surface area contributed by atoms with E-state index in [0.717, 1.165) is 6.54 Å². The van der Waals surface area contributed by atoms with Gasteiger partial charge >= 0.3 is 0 Å². The molecule has 0 aromatic carbocycles. The Morgan fingerprint density at radius 3 is 2.88 bits per heavy atom. The highest BCUT2D eigenvalue weighted by Crippen LogP contribution is 2.49. The molecule has 1 unspecified atom stereocenters. The second kappa shape index (κ2) is 5.44. The van der Waals surface area contributed by atoms with Gasteiger partial charge in [-0.05, 0) is 37.5 Å². The van der Waals surface area contributed by atoms with E-state index in [4.69, 9.17) is 4.99 Å². The molecule has 1 saturated heterocycles. The highest BCUT2D eigenvalue weighted by molar-refractivity contribution is 8.13. The maximum absolute atomic E-state index is 4.80. The van der Waals surface area contributed by atoms with Crippen LogP contribution in [0.5, 0.6) is 0 Å². The summed E-state index contributed by atoms with van der Waals surface area (Å²) >= 11 is 1.91. The van der Waals surface area contributed by atoms with Gasteiger partial charge in [0.2, 0.25) is 0 Å². The van der Waals surface area contributed by atoms with Gasteiger partial charge in [-0.1, -0.05) is 32.0 Å². The van der Waals surface area contributed by atoms with Crippen LogP contribution in [-0.4, -0.2) is 23.5 Å². The second-order valence-corrected chi connectivity index (χ2v) is 6.34. The van der Waals surface area contributed by atoms with Crippen LogP contribution in [-0.2, 0) is 0 Å². The summed E-state index contributed by atoms with van der Waals surface area (Å²) in [6.45, 7) is 5.60. The molecule has 1 heterocycles. The average molecular weight is 240 g/mol. The van der Waals surface area contributed by atoms with E-state index >= 15 is 0 Å². The fourth-order valence-electron chi connectivity index (χ4n) is 2.42. The summed E-state index contributed by atoms with van der Waals surface area (Å²) in [6, 6.07) is 0.668.